The summed E-state index contributed by atoms with van der Waals surface area (Å²) in [4.78, 5) is 0. The second-order valence-electron chi connectivity index (χ2n) is 3.98. The molecule has 0 unspecified atom stereocenters. The van der Waals surface area contributed by atoms with E-state index in [1.807, 2.05) is 56.3 Å². The smallest absolute Gasteiger partial charge is 0.145 e. The van der Waals surface area contributed by atoms with Crippen LogP contribution in [0.4, 0.5) is 0 Å². The first-order valence-corrected chi connectivity index (χ1v) is 5.45. The Balaban J connectivity index is 2.37. The van der Waals surface area contributed by atoms with E-state index in [2.05, 4.69) is 6.07 Å². The normalized spacial score (nSPS) is 9.71. The summed E-state index contributed by atoms with van der Waals surface area (Å²) in [6, 6.07) is 15.5. The zero-order valence-electron chi connectivity index (χ0n) is 9.90. The number of hydrogen-bond donors (Lipinski definition) is 0. The van der Waals surface area contributed by atoms with E-state index in [1.165, 1.54) is 0 Å². The van der Waals surface area contributed by atoms with Crippen molar-refractivity contribution in [2.75, 3.05) is 0 Å². The molecule has 0 spiro atoms. The molecule has 0 aliphatic rings. The third-order valence-corrected chi connectivity index (χ3v) is 2.57. The molecule has 2 aromatic rings. The highest BCUT2D eigenvalue weighted by molar-refractivity contribution is 5.48. The number of rotatable bonds is 2. The summed E-state index contributed by atoms with van der Waals surface area (Å²) >= 11 is 0. The van der Waals surface area contributed by atoms with Crippen LogP contribution in [0.25, 0.3) is 0 Å². The third-order valence-electron chi connectivity index (χ3n) is 2.57. The zero-order chi connectivity index (χ0) is 12.3. The Bertz CT molecular complexity index is 582. The maximum absolute atomic E-state index is 9.06. The molecule has 0 aromatic heterocycles. The van der Waals surface area contributed by atoms with Gasteiger partial charge < -0.3 is 4.74 Å². The number of hydrogen-bond acceptors (Lipinski definition) is 2. The molecule has 0 bridgehead atoms. The lowest BCUT2D eigenvalue weighted by Gasteiger charge is -2.10. The predicted octanol–water partition coefficient (Wildman–Crippen LogP) is 3.97. The Labute approximate surface area is 101 Å². The van der Waals surface area contributed by atoms with E-state index in [0.717, 1.165) is 16.9 Å². The van der Waals surface area contributed by atoms with Crippen molar-refractivity contribution in [2.45, 2.75) is 13.8 Å². The van der Waals surface area contributed by atoms with E-state index < -0.39 is 0 Å². The number of ether oxygens (including phenoxy) is 1. The number of para-hydroxylation sites is 1. The largest absolute Gasteiger partial charge is 0.456 e. The quantitative estimate of drug-likeness (QED) is 0.771. The molecule has 0 heterocycles. The van der Waals surface area contributed by atoms with Crippen LogP contribution in [0.1, 0.15) is 16.7 Å². The van der Waals surface area contributed by atoms with Crippen molar-refractivity contribution in [1.82, 2.24) is 0 Å². The molecule has 0 amide bonds. The second-order valence-corrected chi connectivity index (χ2v) is 3.98. The molecule has 17 heavy (non-hydrogen) atoms. The first kappa shape index (κ1) is 11.2. The summed E-state index contributed by atoms with van der Waals surface area (Å²) in [5.74, 6) is 1.39. The van der Waals surface area contributed by atoms with Gasteiger partial charge in [0.2, 0.25) is 0 Å². The summed E-state index contributed by atoms with van der Waals surface area (Å²) in [5.41, 5.74) is 2.67. The minimum atomic E-state index is 0.563. The number of nitrogens with zero attached hydrogens (tertiary/aromatic N) is 1. The van der Waals surface area contributed by atoms with Gasteiger partial charge in [-0.1, -0.05) is 24.3 Å². The number of benzene rings is 2. The SMILES string of the molecule is Cc1ccc(Oc2ccccc2C)c(C#N)c1. The van der Waals surface area contributed by atoms with Gasteiger partial charge in [-0.05, 0) is 43.2 Å². The first-order chi connectivity index (χ1) is 8.20. The summed E-state index contributed by atoms with van der Waals surface area (Å²) in [7, 11) is 0. The van der Waals surface area contributed by atoms with Gasteiger partial charge in [-0.25, -0.2) is 0 Å². The standard InChI is InChI=1S/C15H13NO/c1-11-7-8-15(13(9-11)10-16)17-14-6-4-3-5-12(14)2/h3-9H,1-2H3. The topological polar surface area (TPSA) is 33.0 Å². The number of aryl methyl sites for hydroxylation is 2. The van der Waals surface area contributed by atoms with Crippen LogP contribution in [0.5, 0.6) is 11.5 Å². The molecule has 0 aliphatic carbocycles. The Kier molecular flexibility index (Phi) is 3.11. The zero-order valence-corrected chi connectivity index (χ0v) is 9.90. The predicted molar refractivity (Wildman–Crippen MR) is 67.1 cm³/mol. The van der Waals surface area contributed by atoms with Gasteiger partial charge >= 0.3 is 0 Å². The van der Waals surface area contributed by atoms with Crippen LogP contribution in [0.15, 0.2) is 42.5 Å². The van der Waals surface area contributed by atoms with Crippen LogP contribution >= 0.6 is 0 Å². The molecule has 2 rings (SSSR count). The van der Waals surface area contributed by atoms with Gasteiger partial charge in [-0.15, -0.1) is 0 Å². The minimum absolute atomic E-state index is 0.563. The lowest BCUT2D eigenvalue weighted by molar-refractivity contribution is 0.477. The minimum Gasteiger partial charge on any atom is -0.456 e. The molecule has 0 fully saturated rings. The van der Waals surface area contributed by atoms with E-state index in [9.17, 15) is 0 Å². The molecule has 0 saturated heterocycles. The van der Waals surface area contributed by atoms with Crippen LogP contribution in [0.2, 0.25) is 0 Å². The summed E-state index contributed by atoms with van der Waals surface area (Å²) in [5, 5.41) is 9.06. The van der Waals surface area contributed by atoms with E-state index in [1.54, 1.807) is 0 Å². The number of nitriles is 1. The highest BCUT2D eigenvalue weighted by atomic mass is 16.5. The molecule has 2 heteroatoms. The molecule has 0 atom stereocenters. The van der Waals surface area contributed by atoms with Crippen molar-refractivity contribution < 1.29 is 4.74 Å². The molecule has 2 aromatic carbocycles. The van der Waals surface area contributed by atoms with Gasteiger partial charge in [0, 0.05) is 0 Å². The Hall–Kier alpha value is -2.27. The first-order valence-electron chi connectivity index (χ1n) is 5.45. The van der Waals surface area contributed by atoms with Crippen LogP contribution in [-0.2, 0) is 0 Å². The monoisotopic (exact) mass is 223 g/mol. The maximum Gasteiger partial charge on any atom is 0.145 e. The van der Waals surface area contributed by atoms with Gasteiger partial charge in [0.15, 0.2) is 0 Å². The average molecular weight is 223 g/mol. The highest BCUT2D eigenvalue weighted by Crippen LogP contribution is 2.27. The molecule has 2 nitrogen and oxygen atoms in total. The van der Waals surface area contributed by atoms with Crippen LogP contribution in [0.3, 0.4) is 0 Å². The van der Waals surface area contributed by atoms with Gasteiger partial charge in [0.25, 0.3) is 0 Å². The van der Waals surface area contributed by atoms with Gasteiger partial charge in [0.1, 0.15) is 17.6 Å². The van der Waals surface area contributed by atoms with Gasteiger partial charge in [-0.2, -0.15) is 5.26 Å². The third kappa shape index (κ3) is 2.46. The lowest BCUT2D eigenvalue weighted by atomic mass is 10.1. The van der Waals surface area contributed by atoms with Crippen LogP contribution < -0.4 is 4.74 Å². The van der Waals surface area contributed by atoms with Gasteiger partial charge in [0.05, 0.1) is 5.56 Å². The van der Waals surface area contributed by atoms with Crippen molar-refractivity contribution in [3.63, 3.8) is 0 Å². The fourth-order valence-electron chi connectivity index (χ4n) is 1.61. The van der Waals surface area contributed by atoms with Crippen molar-refractivity contribution >= 4 is 0 Å². The van der Waals surface area contributed by atoms with E-state index >= 15 is 0 Å². The molecule has 0 radical (unpaired) electrons. The highest BCUT2D eigenvalue weighted by Gasteiger charge is 2.06. The van der Waals surface area contributed by atoms with E-state index in [0.29, 0.717) is 11.3 Å². The van der Waals surface area contributed by atoms with Crippen molar-refractivity contribution in [3.05, 3.63) is 59.2 Å². The molecule has 84 valence electrons. The fraction of sp³-hybridized carbons (Fsp3) is 0.133. The second kappa shape index (κ2) is 4.71. The van der Waals surface area contributed by atoms with Gasteiger partial charge in [-0.3, -0.25) is 0 Å². The Morgan fingerprint density at radius 2 is 1.76 bits per heavy atom. The van der Waals surface area contributed by atoms with Crippen molar-refractivity contribution in [3.8, 4) is 17.6 Å². The molecule has 0 N–H and O–H groups in total. The average Bonchev–Trinajstić information content (AvgIpc) is 2.34. The molecule has 0 aliphatic heterocycles. The Morgan fingerprint density at radius 1 is 1.00 bits per heavy atom. The van der Waals surface area contributed by atoms with E-state index in [-0.39, 0.29) is 0 Å². The summed E-state index contributed by atoms with van der Waals surface area (Å²) < 4.78 is 5.76. The van der Waals surface area contributed by atoms with Crippen LogP contribution in [-0.4, -0.2) is 0 Å². The molecular formula is C15H13NO. The molecule has 0 saturated carbocycles. The maximum atomic E-state index is 9.06. The van der Waals surface area contributed by atoms with Crippen molar-refractivity contribution in [2.24, 2.45) is 0 Å². The molecular weight excluding hydrogens is 210 g/mol. The summed E-state index contributed by atoms with van der Waals surface area (Å²) in [6.45, 7) is 3.94. The van der Waals surface area contributed by atoms with Crippen LogP contribution in [0, 0.1) is 25.2 Å². The van der Waals surface area contributed by atoms with Crippen molar-refractivity contribution in [1.29, 1.82) is 5.26 Å². The lowest BCUT2D eigenvalue weighted by Crippen LogP contribution is -1.90. The summed E-state index contributed by atoms with van der Waals surface area (Å²) in [6.07, 6.45) is 0. The Morgan fingerprint density at radius 3 is 2.47 bits per heavy atom. The fourth-order valence-corrected chi connectivity index (χ4v) is 1.61. The van der Waals surface area contributed by atoms with E-state index in [4.69, 9.17) is 10.00 Å².